The third-order valence-corrected chi connectivity index (χ3v) is 3.57. The van der Waals surface area contributed by atoms with E-state index in [-0.39, 0.29) is 12.2 Å². The topological polar surface area (TPSA) is 29.5 Å². The quantitative estimate of drug-likeness (QED) is 0.895. The summed E-state index contributed by atoms with van der Waals surface area (Å²) in [6.07, 6.45) is 3.37. The van der Waals surface area contributed by atoms with Crippen LogP contribution in [-0.4, -0.2) is 23.9 Å². The Hall–Kier alpha value is -0.570. The maximum atomic E-state index is 10.0. The van der Waals surface area contributed by atoms with E-state index in [0.29, 0.717) is 12.8 Å². The Bertz CT molecular complexity index is 372. The number of hydrogen-bond donors (Lipinski definition) is 1. The Morgan fingerprint density at radius 1 is 1.53 bits per heavy atom. The second-order valence-corrected chi connectivity index (χ2v) is 5.23. The van der Waals surface area contributed by atoms with Gasteiger partial charge in [0.15, 0.2) is 0 Å². The molecule has 1 aromatic carbocycles. The average Bonchev–Trinajstić information content (AvgIpc) is 2.75. The highest BCUT2D eigenvalue weighted by molar-refractivity contribution is 6.31. The van der Waals surface area contributed by atoms with Crippen molar-refractivity contribution in [3.05, 3.63) is 34.3 Å². The Kier molecular flexibility index (Phi) is 4.43. The molecule has 2 nitrogen and oxygen atoms in total. The number of aryl methyl sites for hydroxylation is 1. The minimum atomic E-state index is -0.363. The van der Waals surface area contributed by atoms with Crippen molar-refractivity contribution in [2.75, 3.05) is 6.61 Å². The fraction of sp³-hybridized carbons (Fsp3) is 0.571. The molecule has 17 heavy (non-hydrogen) atoms. The molecule has 0 radical (unpaired) electrons. The number of aliphatic hydroxyl groups excluding tert-OH is 1. The highest BCUT2D eigenvalue weighted by Crippen LogP contribution is 2.22. The molecule has 1 N–H and O–H groups in total. The molecule has 3 heteroatoms. The summed E-state index contributed by atoms with van der Waals surface area (Å²) in [5.41, 5.74) is 2.16. The summed E-state index contributed by atoms with van der Waals surface area (Å²) >= 11 is 6.15. The number of hydrogen-bond acceptors (Lipinski definition) is 2. The Morgan fingerprint density at radius 2 is 2.35 bits per heavy atom. The molecule has 1 fully saturated rings. The van der Waals surface area contributed by atoms with E-state index in [1.807, 2.05) is 25.1 Å². The smallest absolute Gasteiger partial charge is 0.0605 e. The molecule has 0 aromatic heterocycles. The summed E-state index contributed by atoms with van der Waals surface area (Å²) < 4.78 is 5.52. The number of ether oxygens (including phenoxy) is 1. The molecule has 1 aliphatic heterocycles. The third-order valence-electron chi connectivity index (χ3n) is 3.22. The van der Waals surface area contributed by atoms with Crippen molar-refractivity contribution in [2.24, 2.45) is 0 Å². The lowest BCUT2D eigenvalue weighted by atomic mass is 10.0. The molecule has 1 aromatic rings. The zero-order valence-corrected chi connectivity index (χ0v) is 10.9. The molecule has 94 valence electrons. The molecule has 0 bridgehead atoms. The van der Waals surface area contributed by atoms with Crippen LogP contribution in [0.1, 0.15) is 30.4 Å². The molecule has 1 saturated heterocycles. The summed E-state index contributed by atoms with van der Waals surface area (Å²) in [5, 5.41) is 10.8. The maximum absolute atomic E-state index is 10.0. The van der Waals surface area contributed by atoms with Crippen LogP contribution < -0.4 is 0 Å². The van der Waals surface area contributed by atoms with E-state index in [1.165, 1.54) is 0 Å². The van der Waals surface area contributed by atoms with Crippen LogP contribution in [-0.2, 0) is 11.2 Å². The molecule has 1 heterocycles. The van der Waals surface area contributed by atoms with Gasteiger partial charge in [-0.05, 0) is 49.8 Å². The molecule has 2 unspecified atom stereocenters. The van der Waals surface area contributed by atoms with E-state index in [2.05, 4.69) is 0 Å². The molecular formula is C14H19ClO2. The van der Waals surface area contributed by atoms with E-state index in [1.54, 1.807) is 0 Å². The van der Waals surface area contributed by atoms with Gasteiger partial charge in [0, 0.05) is 11.6 Å². The zero-order chi connectivity index (χ0) is 12.3. The van der Waals surface area contributed by atoms with Crippen LogP contribution in [0.5, 0.6) is 0 Å². The van der Waals surface area contributed by atoms with Crippen LogP contribution in [0.3, 0.4) is 0 Å². The van der Waals surface area contributed by atoms with Gasteiger partial charge in [-0.1, -0.05) is 23.7 Å². The lowest BCUT2D eigenvalue weighted by Gasteiger charge is -2.16. The van der Waals surface area contributed by atoms with Gasteiger partial charge < -0.3 is 9.84 Å². The first kappa shape index (κ1) is 12.9. The van der Waals surface area contributed by atoms with Crippen LogP contribution in [0, 0.1) is 6.92 Å². The molecule has 0 aliphatic carbocycles. The largest absolute Gasteiger partial charge is 0.393 e. The van der Waals surface area contributed by atoms with Gasteiger partial charge in [0.2, 0.25) is 0 Å². The molecule has 2 rings (SSSR count). The van der Waals surface area contributed by atoms with Crippen molar-refractivity contribution in [1.82, 2.24) is 0 Å². The van der Waals surface area contributed by atoms with Crippen LogP contribution in [0.15, 0.2) is 18.2 Å². The van der Waals surface area contributed by atoms with E-state index < -0.39 is 0 Å². The molecule has 0 amide bonds. The summed E-state index contributed by atoms with van der Waals surface area (Å²) in [4.78, 5) is 0. The molecule has 0 saturated carbocycles. The van der Waals surface area contributed by atoms with E-state index in [4.69, 9.17) is 16.3 Å². The van der Waals surface area contributed by atoms with Crippen LogP contribution in [0.25, 0.3) is 0 Å². The minimum Gasteiger partial charge on any atom is -0.393 e. The number of benzene rings is 1. The van der Waals surface area contributed by atoms with Crippen molar-refractivity contribution >= 4 is 11.6 Å². The lowest BCUT2D eigenvalue weighted by molar-refractivity contribution is 0.0541. The van der Waals surface area contributed by atoms with Crippen LogP contribution >= 0.6 is 11.6 Å². The van der Waals surface area contributed by atoms with E-state index in [9.17, 15) is 5.11 Å². The second-order valence-electron chi connectivity index (χ2n) is 4.82. The molecule has 2 atom stereocenters. The summed E-state index contributed by atoms with van der Waals surface area (Å²) in [5.74, 6) is 0. The highest BCUT2D eigenvalue weighted by atomic mass is 35.5. The summed E-state index contributed by atoms with van der Waals surface area (Å²) in [6, 6.07) is 5.96. The number of rotatable bonds is 4. The summed E-state index contributed by atoms with van der Waals surface area (Å²) in [7, 11) is 0. The first-order valence-electron chi connectivity index (χ1n) is 6.20. The van der Waals surface area contributed by atoms with Crippen LogP contribution in [0.2, 0.25) is 5.02 Å². The van der Waals surface area contributed by atoms with E-state index >= 15 is 0 Å². The summed E-state index contributed by atoms with van der Waals surface area (Å²) in [6.45, 7) is 2.85. The fourth-order valence-corrected chi connectivity index (χ4v) is 2.60. The predicted molar refractivity (Wildman–Crippen MR) is 69.5 cm³/mol. The standard InChI is InChI=1S/C14H19ClO2/c1-10-4-5-11(14(15)7-10)8-12(16)9-13-3-2-6-17-13/h4-5,7,12-13,16H,2-3,6,8-9H2,1H3. The lowest BCUT2D eigenvalue weighted by Crippen LogP contribution is -2.19. The maximum Gasteiger partial charge on any atom is 0.0605 e. The predicted octanol–water partition coefficient (Wildman–Crippen LogP) is 3.12. The van der Waals surface area contributed by atoms with Gasteiger partial charge in [-0.25, -0.2) is 0 Å². The van der Waals surface area contributed by atoms with Crippen molar-refractivity contribution in [1.29, 1.82) is 0 Å². The second kappa shape index (κ2) is 5.85. The normalized spacial score (nSPS) is 21.7. The van der Waals surface area contributed by atoms with Crippen molar-refractivity contribution < 1.29 is 9.84 Å². The van der Waals surface area contributed by atoms with Gasteiger partial charge in [-0.2, -0.15) is 0 Å². The Morgan fingerprint density at radius 3 is 3.00 bits per heavy atom. The monoisotopic (exact) mass is 254 g/mol. The van der Waals surface area contributed by atoms with Crippen molar-refractivity contribution in [3.63, 3.8) is 0 Å². The van der Waals surface area contributed by atoms with Gasteiger partial charge in [0.05, 0.1) is 12.2 Å². The van der Waals surface area contributed by atoms with Gasteiger partial charge in [0.25, 0.3) is 0 Å². The zero-order valence-electron chi connectivity index (χ0n) is 10.2. The minimum absolute atomic E-state index is 0.231. The first-order valence-corrected chi connectivity index (χ1v) is 6.57. The van der Waals surface area contributed by atoms with Gasteiger partial charge in [0.1, 0.15) is 0 Å². The Balaban J connectivity index is 1.90. The Labute approximate surface area is 108 Å². The van der Waals surface area contributed by atoms with Crippen molar-refractivity contribution in [3.8, 4) is 0 Å². The van der Waals surface area contributed by atoms with Gasteiger partial charge in [-0.3, -0.25) is 0 Å². The highest BCUT2D eigenvalue weighted by Gasteiger charge is 2.20. The number of halogens is 1. The fourth-order valence-electron chi connectivity index (χ4n) is 2.29. The number of aliphatic hydroxyl groups is 1. The molecule has 1 aliphatic rings. The molecule has 0 spiro atoms. The van der Waals surface area contributed by atoms with Gasteiger partial charge >= 0.3 is 0 Å². The van der Waals surface area contributed by atoms with Crippen molar-refractivity contribution in [2.45, 2.75) is 44.8 Å². The molecular weight excluding hydrogens is 236 g/mol. The third kappa shape index (κ3) is 3.70. The van der Waals surface area contributed by atoms with Crippen LogP contribution in [0.4, 0.5) is 0 Å². The average molecular weight is 255 g/mol. The van der Waals surface area contributed by atoms with Gasteiger partial charge in [-0.15, -0.1) is 0 Å². The SMILES string of the molecule is Cc1ccc(CC(O)CC2CCCO2)c(Cl)c1. The van der Waals surface area contributed by atoms with E-state index in [0.717, 1.165) is 35.6 Å². The first-order chi connectivity index (χ1) is 8.15.